The third kappa shape index (κ3) is 5.47. The van der Waals surface area contributed by atoms with Gasteiger partial charge in [-0.3, -0.25) is 14.2 Å². The highest BCUT2D eigenvalue weighted by Gasteiger charge is 2.44. The molecule has 0 unspecified atom stereocenters. The van der Waals surface area contributed by atoms with Gasteiger partial charge in [0.1, 0.15) is 16.9 Å². The molecule has 3 N–H and O–H groups in total. The fourth-order valence-corrected chi connectivity index (χ4v) is 3.83. The van der Waals surface area contributed by atoms with Gasteiger partial charge in [-0.05, 0) is 19.8 Å². The van der Waals surface area contributed by atoms with Gasteiger partial charge in [0, 0.05) is 23.9 Å². The lowest BCUT2D eigenvalue weighted by Gasteiger charge is -2.17. The normalized spacial score (nSPS) is 23.1. The van der Waals surface area contributed by atoms with E-state index in [4.69, 9.17) is 21.1 Å². The highest BCUT2D eigenvalue weighted by Crippen LogP contribution is 2.36. The minimum Gasteiger partial charge on any atom is -0.441 e. The molecule has 36 heavy (non-hydrogen) atoms. The molecule has 0 radical (unpaired) electrons. The van der Waals surface area contributed by atoms with E-state index in [1.54, 1.807) is 0 Å². The number of rotatable bonds is 7. The number of aromatic nitrogens is 5. The lowest BCUT2D eigenvalue weighted by atomic mass is 10.1. The van der Waals surface area contributed by atoms with Crippen LogP contribution in [0.2, 0.25) is 5.15 Å². The van der Waals surface area contributed by atoms with Crippen LogP contribution in [0.1, 0.15) is 37.3 Å². The van der Waals surface area contributed by atoms with Crippen molar-refractivity contribution in [1.82, 2.24) is 29.9 Å². The summed E-state index contributed by atoms with van der Waals surface area (Å²) < 4.78 is 67.9. The third-order valence-corrected chi connectivity index (χ3v) is 5.94. The van der Waals surface area contributed by atoms with E-state index < -0.39 is 37.4 Å². The van der Waals surface area contributed by atoms with Crippen LogP contribution in [0.15, 0.2) is 18.3 Å². The maximum atomic E-state index is 15.0. The Bertz CT molecular complexity index is 1280. The first kappa shape index (κ1) is 24.5. The van der Waals surface area contributed by atoms with E-state index in [1.165, 1.54) is 22.7 Å². The van der Waals surface area contributed by atoms with Crippen molar-refractivity contribution < 1.29 is 36.6 Å². The number of carbonyl (C=O) groups excluding carboxylic acids is 1. The van der Waals surface area contributed by atoms with E-state index in [0.717, 1.165) is 12.8 Å². The summed E-state index contributed by atoms with van der Waals surface area (Å²) in [4.78, 5) is 20.2. The van der Waals surface area contributed by atoms with Gasteiger partial charge in [0.05, 0.1) is 24.6 Å². The van der Waals surface area contributed by atoms with Crippen LogP contribution in [0.3, 0.4) is 0 Å². The largest absolute Gasteiger partial charge is 0.522 e. The van der Waals surface area contributed by atoms with Crippen molar-refractivity contribution in [3.8, 4) is 0 Å². The number of nitrogens with one attached hydrogen (secondary N) is 3. The average molecular weight is 534 g/mol. The maximum absolute atomic E-state index is 15.0. The zero-order valence-electron chi connectivity index (χ0n) is 18.6. The number of H-pyrrole nitrogens is 1. The highest BCUT2D eigenvalue weighted by molar-refractivity contribution is 6.29. The van der Waals surface area contributed by atoms with E-state index in [1.807, 2.05) is 6.92 Å². The van der Waals surface area contributed by atoms with Gasteiger partial charge >= 0.3 is 12.5 Å². The molecular formula is C20H20ClF4N7O4. The molecule has 2 aliphatic rings. The second-order valence-electron chi connectivity index (χ2n) is 8.76. The van der Waals surface area contributed by atoms with Gasteiger partial charge in [-0.1, -0.05) is 11.6 Å². The molecule has 1 saturated heterocycles. The molecular weight excluding hydrogens is 514 g/mol. The molecule has 1 saturated carbocycles. The van der Waals surface area contributed by atoms with Gasteiger partial charge in [0.15, 0.2) is 18.1 Å². The third-order valence-electron chi connectivity index (χ3n) is 5.75. The Morgan fingerprint density at radius 1 is 1.36 bits per heavy atom. The number of imidazole rings is 1. The molecule has 194 valence electrons. The fraction of sp³-hybridized carbons (Fsp3) is 0.500. The Morgan fingerprint density at radius 2 is 2.14 bits per heavy atom. The summed E-state index contributed by atoms with van der Waals surface area (Å²) in [5.41, 5.74) is 0.184. The number of aromatic amines is 1. The number of hydrogen-bond donors (Lipinski definition) is 3. The summed E-state index contributed by atoms with van der Waals surface area (Å²) in [6.07, 6.45) is -6.32. The van der Waals surface area contributed by atoms with Crippen LogP contribution in [0, 0.1) is 0 Å². The molecule has 16 heteroatoms. The van der Waals surface area contributed by atoms with Gasteiger partial charge in [-0.15, -0.1) is 13.2 Å². The number of anilines is 2. The van der Waals surface area contributed by atoms with Gasteiger partial charge in [0.25, 0.3) is 0 Å². The zero-order chi connectivity index (χ0) is 25.7. The number of nitrogens with zero attached hydrogens (tertiary/aromatic N) is 4. The second kappa shape index (κ2) is 9.05. The van der Waals surface area contributed by atoms with E-state index in [2.05, 4.69) is 35.5 Å². The Balaban J connectivity index is 1.26. The quantitative estimate of drug-likeness (QED) is 0.308. The number of fused-ring (bicyclic) bond motifs is 1. The first-order valence-electron chi connectivity index (χ1n) is 10.8. The summed E-state index contributed by atoms with van der Waals surface area (Å²) in [6, 6.07) is 2.82. The summed E-state index contributed by atoms with van der Waals surface area (Å²) in [5.74, 6) is 0.291. The average Bonchev–Trinajstić information content (AvgIpc) is 3.12. The molecule has 5 rings (SSSR count). The summed E-state index contributed by atoms with van der Waals surface area (Å²) in [7, 11) is 0. The fourth-order valence-electron chi connectivity index (χ4n) is 3.65. The monoisotopic (exact) mass is 533 g/mol. The standard InChI is InChI=1S/C20H20ClF4N7O4/c1-19(2-3-19)29-18(33)36-11-8-34-16(15(11)22)10-4-13(31-30-10)28-17-27-12(21)5-14-26-9(6-32(14)17)7-35-20(23,24)25/h4-6,11,15-16H,2-3,7-8H2,1H3,(H,29,33)(H2,27,28,30,31)/t11-,15-,16-/m1/s1. The van der Waals surface area contributed by atoms with E-state index in [-0.39, 0.29) is 46.1 Å². The number of alkyl halides is 4. The van der Waals surface area contributed by atoms with Gasteiger partial charge in [-0.25, -0.2) is 19.2 Å². The summed E-state index contributed by atoms with van der Waals surface area (Å²) in [5, 5.41) is 12.3. The van der Waals surface area contributed by atoms with Crippen molar-refractivity contribution in [1.29, 1.82) is 0 Å². The van der Waals surface area contributed by atoms with Crippen molar-refractivity contribution in [2.75, 3.05) is 11.9 Å². The highest BCUT2D eigenvalue weighted by atomic mass is 35.5. The van der Waals surface area contributed by atoms with Crippen LogP contribution >= 0.6 is 11.6 Å². The van der Waals surface area contributed by atoms with Crippen molar-refractivity contribution in [2.24, 2.45) is 0 Å². The lowest BCUT2D eigenvalue weighted by molar-refractivity contribution is -0.330. The Kier molecular flexibility index (Phi) is 6.16. The van der Waals surface area contributed by atoms with Gasteiger partial charge in [-0.2, -0.15) is 5.10 Å². The van der Waals surface area contributed by atoms with Crippen LogP contribution in [0.4, 0.5) is 34.1 Å². The predicted molar refractivity (Wildman–Crippen MR) is 115 cm³/mol. The molecule has 1 amide bonds. The maximum Gasteiger partial charge on any atom is 0.522 e. The van der Waals surface area contributed by atoms with E-state index in [9.17, 15) is 22.4 Å². The van der Waals surface area contributed by atoms with E-state index in [0.29, 0.717) is 0 Å². The lowest BCUT2D eigenvalue weighted by Crippen LogP contribution is -2.39. The molecule has 4 heterocycles. The molecule has 0 aromatic carbocycles. The van der Waals surface area contributed by atoms with Crippen LogP contribution in [0.5, 0.6) is 0 Å². The molecule has 3 aromatic rings. The molecule has 3 aromatic heterocycles. The summed E-state index contributed by atoms with van der Waals surface area (Å²) in [6.45, 7) is 0.940. The van der Waals surface area contributed by atoms with Gasteiger partial charge < -0.3 is 20.1 Å². The van der Waals surface area contributed by atoms with Crippen LogP contribution in [-0.2, 0) is 20.8 Å². The zero-order valence-corrected chi connectivity index (χ0v) is 19.4. The first-order chi connectivity index (χ1) is 17.0. The molecule has 1 aliphatic carbocycles. The van der Waals surface area contributed by atoms with Gasteiger partial charge in [0.2, 0.25) is 5.95 Å². The number of ether oxygens (including phenoxy) is 3. The second-order valence-corrected chi connectivity index (χ2v) is 9.15. The number of halogens is 5. The predicted octanol–water partition coefficient (Wildman–Crippen LogP) is 3.94. The molecule has 11 nitrogen and oxygen atoms in total. The summed E-state index contributed by atoms with van der Waals surface area (Å²) >= 11 is 6.02. The minimum absolute atomic E-state index is 0.00690. The number of carbonyl (C=O) groups is 1. The topological polar surface area (TPSA) is 128 Å². The molecule has 0 spiro atoms. The van der Waals surface area contributed by atoms with Crippen LogP contribution in [-0.4, -0.2) is 61.4 Å². The molecule has 0 bridgehead atoms. The Hall–Kier alpha value is -3.17. The Labute approximate surface area is 205 Å². The van der Waals surface area contributed by atoms with Crippen molar-refractivity contribution in [2.45, 2.75) is 56.7 Å². The minimum atomic E-state index is -4.81. The Morgan fingerprint density at radius 3 is 2.86 bits per heavy atom. The number of hydrogen-bond acceptors (Lipinski definition) is 8. The van der Waals surface area contributed by atoms with Crippen molar-refractivity contribution >= 4 is 35.1 Å². The SMILES string of the molecule is CC1(NC(=O)O[C@@H]2CO[C@H](c3cc(Nc4nc(Cl)cc5nc(COC(F)(F)F)cn45)n[nH]3)[C@@H]2F)CC1. The molecule has 2 fully saturated rings. The first-order valence-corrected chi connectivity index (χ1v) is 11.2. The molecule has 1 aliphatic heterocycles. The smallest absolute Gasteiger partial charge is 0.441 e. The van der Waals surface area contributed by atoms with Crippen molar-refractivity contribution in [3.05, 3.63) is 34.9 Å². The molecule has 3 atom stereocenters. The van der Waals surface area contributed by atoms with Crippen molar-refractivity contribution in [3.63, 3.8) is 0 Å². The van der Waals surface area contributed by atoms with Crippen LogP contribution in [0.25, 0.3) is 5.65 Å². The van der Waals surface area contributed by atoms with E-state index >= 15 is 0 Å². The number of amides is 1. The number of alkyl carbamates (subject to hydrolysis) is 1. The van der Waals surface area contributed by atoms with Crippen LogP contribution < -0.4 is 10.6 Å².